The van der Waals surface area contributed by atoms with Crippen molar-refractivity contribution < 1.29 is 5.11 Å². The first-order valence-electron chi connectivity index (χ1n) is 2.64. The Bertz CT molecular complexity index is 219. The number of nitrogens with zero attached hydrogens (tertiary/aromatic N) is 1. The van der Waals surface area contributed by atoms with E-state index < -0.39 is 0 Å². The molecular formula is C6H5Cl2NO. The molecule has 1 rings (SSSR count). The standard InChI is InChI=1S/C6H5Cl2NO/c7-5-1-9-2-6(8)4(5)3-10/h1-2,10H,3H2. The zero-order chi connectivity index (χ0) is 7.56. The molecule has 0 aromatic carbocycles. The lowest BCUT2D eigenvalue weighted by molar-refractivity contribution is 0.282. The molecule has 0 saturated carbocycles. The molecule has 0 unspecified atom stereocenters. The first-order chi connectivity index (χ1) is 4.75. The summed E-state index contributed by atoms with van der Waals surface area (Å²) in [5.74, 6) is 0. The Morgan fingerprint density at radius 2 is 1.80 bits per heavy atom. The SMILES string of the molecule is OCc1c(Cl)cncc1Cl. The zero-order valence-corrected chi connectivity index (χ0v) is 6.52. The highest BCUT2D eigenvalue weighted by molar-refractivity contribution is 6.35. The average molecular weight is 178 g/mol. The number of rotatable bonds is 1. The van der Waals surface area contributed by atoms with Gasteiger partial charge in [0.2, 0.25) is 0 Å². The molecule has 0 fully saturated rings. The molecule has 0 spiro atoms. The van der Waals surface area contributed by atoms with Crippen molar-refractivity contribution in [2.75, 3.05) is 0 Å². The lowest BCUT2D eigenvalue weighted by atomic mass is 10.3. The number of halogens is 2. The van der Waals surface area contributed by atoms with Gasteiger partial charge >= 0.3 is 0 Å². The van der Waals surface area contributed by atoms with Crippen LogP contribution in [0.5, 0.6) is 0 Å². The van der Waals surface area contributed by atoms with E-state index >= 15 is 0 Å². The van der Waals surface area contributed by atoms with Crippen LogP contribution in [-0.2, 0) is 6.61 Å². The van der Waals surface area contributed by atoms with Crippen molar-refractivity contribution in [1.82, 2.24) is 4.98 Å². The third kappa shape index (κ3) is 1.40. The molecule has 1 aromatic heterocycles. The topological polar surface area (TPSA) is 33.1 Å². The van der Waals surface area contributed by atoms with Crippen LogP contribution in [0.2, 0.25) is 10.0 Å². The maximum absolute atomic E-state index is 8.70. The largest absolute Gasteiger partial charge is 0.392 e. The van der Waals surface area contributed by atoms with Crippen LogP contribution in [0.25, 0.3) is 0 Å². The van der Waals surface area contributed by atoms with Gasteiger partial charge in [-0.05, 0) is 0 Å². The minimum absolute atomic E-state index is 0.153. The van der Waals surface area contributed by atoms with Crippen molar-refractivity contribution in [2.24, 2.45) is 0 Å². The number of aliphatic hydroxyl groups is 1. The van der Waals surface area contributed by atoms with E-state index in [2.05, 4.69) is 4.98 Å². The fraction of sp³-hybridized carbons (Fsp3) is 0.167. The minimum atomic E-state index is -0.153. The highest BCUT2D eigenvalue weighted by Gasteiger charge is 2.02. The highest BCUT2D eigenvalue weighted by Crippen LogP contribution is 2.21. The van der Waals surface area contributed by atoms with Crippen LogP contribution in [0, 0.1) is 0 Å². The first-order valence-corrected chi connectivity index (χ1v) is 3.40. The number of aliphatic hydroxyl groups excluding tert-OH is 1. The van der Waals surface area contributed by atoms with Gasteiger partial charge < -0.3 is 5.11 Å². The van der Waals surface area contributed by atoms with E-state index in [9.17, 15) is 0 Å². The highest BCUT2D eigenvalue weighted by atomic mass is 35.5. The van der Waals surface area contributed by atoms with Gasteiger partial charge in [-0.3, -0.25) is 4.98 Å². The van der Waals surface area contributed by atoms with E-state index in [1.807, 2.05) is 0 Å². The van der Waals surface area contributed by atoms with E-state index in [1.54, 1.807) is 0 Å². The Morgan fingerprint density at radius 3 is 2.10 bits per heavy atom. The van der Waals surface area contributed by atoms with E-state index in [4.69, 9.17) is 28.3 Å². The van der Waals surface area contributed by atoms with Crippen molar-refractivity contribution in [2.45, 2.75) is 6.61 Å². The van der Waals surface area contributed by atoms with Crippen LogP contribution in [0.4, 0.5) is 0 Å². The van der Waals surface area contributed by atoms with Crippen LogP contribution >= 0.6 is 23.2 Å². The molecule has 54 valence electrons. The fourth-order valence-electron chi connectivity index (χ4n) is 0.589. The van der Waals surface area contributed by atoms with E-state index in [0.29, 0.717) is 15.6 Å². The number of pyridine rings is 1. The summed E-state index contributed by atoms with van der Waals surface area (Å²) in [6, 6.07) is 0. The van der Waals surface area contributed by atoms with Gasteiger partial charge in [0, 0.05) is 18.0 Å². The summed E-state index contributed by atoms with van der Waals surface area (Å²) in [6.45, 7) is -0.153. The van der Waals surface area contributed by atoms with E-state index in [0.717, 1.165) is 0 Å². The summed E-state index contributed by atoms with van der Waals surface area (Å²) in [5.41, 5.74) is 0.526. The molecule has 0 saturated heterocycles. The van der Waals surface area contributed by atoms with Crippen molar-refractivity contribution in [3.63, 3.8) is 0 Å². The Hall–Kier alpha value is -0.310. The normalized spacial score (nSPS) is 9.90. The first kappa shape index (κ1) is 7.79. The molecule has 0 radical (unpaired) electrons. The Labute approximate surface area is 68.4 Å². The quantitative estimate of drug-likeness (QED) is 0.712. The fourth-order valence-corrected chi connectivity index (χ4v) is 1.07. The van der Waals surface area contributed by atoms with Crippen LogP contribution in [0.3, 0.4) is 0 Å². The second-order valence-corrected chi connectivity index (χ2v) is 2.55. The Balaban J connectivity index is 3.17. The predicted molar refractivity (Wildman–Crippen MR) is 40.2 cm³/mol. The van der Waals surface area contributed by atoms with Gasteiger partial charge in [-0.2, -0.15) is 0 Å². The van der Waals surface area contributed by atoms with Gasteiger partial charge in [0.15, 0.2) is 0 Å². The molecular weight excluding hydrogens is 173 g/mol. The lowest BCUT2D eigenvalue weighted by Crippen LogP contribution is -1.87. The minimum Gasteiger partial charge on any atom is -0.392 e. The molecule has 1 heterocycles. The van der Waals surface area contributed by atoms with Crippen LogP contribution in [0.15, 0.2) is 12.4 Å². The summed E-state index contributed by atoms with van der Waals surface area (Å²) < 4.78 is 0. The van der Waals surface area contributed by atoms with Crippen LogP contribution < -0.4 is 0 Å². The molecule has 1 N–H and O–H groups in total. The second-order valence-electron chi connectivity index (χ2n) is 1.74. The van der Waals surface area contributed by atoms with E-state index in [-0.39, 0.29) is 6.61 Å². The zero-order valence-electron chi connectivity index (χ0n) is 5.01. The molecule has 0 aliphatic carbocycles. The van der Waals surface area contributed by atoms with Gasteiger partial charge in [0.25, 0.3) is 0 Å². The van der Waals surface area contributed by atoms with Crippen molar-refractivity contribution in [1.29, 1.82) is 0 Å². The van der Waals surface area contributed by atoms with Crippen LogP contribution in [-0.4, -0.2) is 10.1 Å². The van der Waals surface area contributed by atoms with Crippen molar-refractivity contribution in [3.8, 4) is 0 Å². The third-order valence-corrected chi connectivity index (χ3v) is 1.76. The second kappa shape index (κ2) is 3.19. The smallest absolute Gasteiger partial charge is 0.0712 e. The molecule has 0 amide bonds. The summed E-state index contributed by atoms with van der Waals surface area (Å²) >= 11 is 11.2. The number of hydrogen-bond donors (Lipinski definition) is 1. The van der Waals surface area contributed by atoms with Gasteiger partial charge in [-0.15, -0.1) is 0 Å². The number of hydrogen-bond acceptors (Lipinski definition) is 2. The van der Waals surface area contributed by atoms with Gasteiger partial charge in [-0.25, -0.2) is 0 Å². The van der Waals surface area contributed by atoms with Crippen molar-refractivity contribution >= 4 is 23.2 Å². The summed E-state index contributed by atoms with van der Waals surface area (Å²) in [6.07, 6.45) is 2.89. The van der Waals surface area contributed by atoms with Gasteiger partial charge in [0.1, 0.15) is 0 Å². The van der Waals surface area contributed by atoms with Crippen molar-refractivity contribution in [3.05, 3.63) is 28.0 Å². The van der Waals surface area contributed by atoms with Crippen LogP contribution in [0.1, 0.15) is 5.56 Å². The molecule has 2 nitrogen and oxygen atoms in total. The van der Waals surface area contributed by atoms with Gasteiger partial charge in [-0.1, -0.05) is 23.2 Å². The lowest BCUT2D eigenvalue weighted by Gasteiger charge is -1.99. The molecule has 0 aliphatic rings. The molecule has 0 bridgehead atoms. The maximum atomic E-state index is 8.70. The molecule has 4 heteroatoms. The molecule has 0 aliphatic heterocycles. The predicted octanol–water partition coefficient (Wildman–Crippen LogP) is 1.88. The monoisotopic (exact) mass is 177 g/mol. The van der Waals surface area contributed by atoms with E-state index in [1.165, 1.54) is 12.4 Å². The average Bonchev–Trinajstić information content (AvgIpc) is 1.88. The summed E-state index contributed by atoms with van der Waals surface area (Å²) in [4.78, 5) is 3.72. The maximum Gasteiger partial charge on any atom is 0.0712 e. The third-order valence-electron chi connectivity index (χ3n) is 1.11. The molecule has 10 heavy (non-hydrogen) atoms. The Kier molecular flexibility index (Phi) is 2.49. The summed E-state index contributed by atoms with van der Waals surface area (Å²) in [7, 11) is 0. The Morgan fingerprint density at radius 1 is 1.30 bits per heavy atom. The summed E-state index contributed by atoms with van der Waals surface area (Å²) in [5, 5.41) is 9.50. The molecule has 0 atom stereocenters. The molecule has 1 aromatic rings. The number of aromatic nitrogens is 1. The van der Waals surface area contributed by atoms with Gasteiger partial charge in [0.05, 0.1) is 16.7 Å².